The topological polar surface area (TPSA) is 55.5 Å². The Morgan fingerprint density at radius 1 is 1.53 bits per heavy atom. The van der Waals surface area contributed by atoms with Gasteiger partial charge in [-0.2, -0.15) is 0 Å². The van der Waals surface area contributed by atoms with Crippen molar-refractivity contribution in [2.75, 3.05) is 19.8 Å². The number of ether oxygens (including phenoxy) is 1. The van der Waals surface area contributed by atoms with Gasteiger partial charge in [0, 0.05) is 6.61 Å². The highest BCUT2D eigenvalue weighted by molar-refractivity contribution is 4.98. The lowest BCUT2D eigenvalue weighted by atomic mass is 9.97. The minimum absolute atomic E-state index is 0.0415. The summed E-state index contributed by atoms with van der Waals surface area (Å²) in [5.41, 5.74) is 5.61. The second kappa shape index (κ2) is 5.83. The van der Waals surface area contributed by atoms with Crippen LogP contribution in [0, 0.1) is 11.8 Å². The van der Waals surface area contributed by atoms with Crippen LogP contribution in [0.5, 0.6) is 0 Å². The summed E-state index contributed by atoms with van der Waals surface area (Å²) < 4.78 is 5.62. The Kier molecular flexibility index (Phi) is 5.03. The van der Waals surface area contributed by atoms with Crippen LogP contribution in [0.15, 0.2) is 0 Å². The van der Waals surface area contributed by atoms with E-state index in [1.165, 1.54) is 12.8 Å². The molecule has 1 saturated carbocycles. The number of aliphatic hydroxyl groups is 1. The third-order valence-electron chi connectivity index (χ3n) is 3.24. The third-order valence-corrected chi connectivity index (χ3v) is 3.24. The zero-order chi connectivity index (χ0) is 11.3. The van der Waals surface area contributed by atoms with Gasteiger partial charge in [0.25, 0.3) is 0 Å². The lowest BCUT2D eigenvalue weighted by Gasteiger charge is -2.27. The van der Waals surface area contributed by atoms with Gasteiger partial charge in [-0.05, 0) is 31.1 Å². The van der Waals surface area contributed by atoms with Crippen LogP contribution in [0.25, 0.3) is 0 Å². The summed E-state index contributed by atoms with van der Waals surface area (Å²) in [7, 11) is 0. The lowest BCUT2D eigenvalue weighted by molar-refractivity contribution is 0.0290. The molecule has 15 heavy (non-hydrogen) atoms. The van der Waals surface area contributed by atoms with Crippen LogP contribution in [-0.4, -0.2) is 30.5 Å². The van der Waals surface area contributed by atoms with Crippen molar-refractivity contribution in [3.05, 3.63) is 0 Å². The second-order valence-corrected chi connectivity index (χ2v) is 5.07. The van der Waals surface area contributed by atoms with Gasteiger partial charge in [-0.1, -0.05) is 20.3 Å². The predicted octanol–water partition coefficient (Wildman–Crippen LogP) is 1.54. The summed E-state index contributed by atoms with van der Waals surface area (Å²) >= 11 is 0. The molecule has 1 rings (SSSR count). The van der Waals surface area contributed by atoms with Crippen LogP contribution in [0.2, 0.25) is 0 Å². The maximum Gasteiger partial charge on any atom is 0.0671 e. The van der Waals surface area contributed by atoms with Crippen LogP contribution >= 0.6 is 0 Å². The number of aliphatic hydroxyl groups excluding tert-OH is 1. The first-order chi connectivity index (χ1) is 7.12. The van der Waals surface area contributed by atoms with Gasteiger partial charge in [-0.15, -0.1) is 0 Å². The largest absolute Gasteiger partial charge is 0.394 e. The van der Waals surface area contributed by atoms with Crippen molar-refractivity contribution >= 4 is 0 Å². The molecule has 1 fully saturated rings. The number of hydrogen-bond donors (Lipinski definition) is 2. The van der Waals surface area contributed by atoms with Crippen LogP contribution in [0.1, 0.15) is 39.5 Å². The van der Waals surface area contributed by atoms with Gasteiger partial charge >= 0.3 is 0 Å². The summed E-state index contributed by atoms with van der Waals surface area (Å²) in [6, 6.07) is 0. The zero-order valence-corrected chi connectivity index (χ0v) is 10.0. The Morgan fingerprint density at radius 3 is 2.67 bits per heavy atom. The fourth-order valence-electron chi connectivity index (χ4n) is 1.98. The number of rotatable bonds is 8. The monoisotopic (exact) mass is 215 g/mol. The van der Waals surface area contributed by atoms with Crippen LogP contribution in [0.3, 0.4) is 0 Å². The van der Waals surface area contributed by atoms with Gasteiger partial charge < -0.3 is 15.6 Å². The smallest absolute Gasteiger partial charge is 0.0671 e. The average molecular weight is 215 g/mol. The molecule has 0 bridgehead atoms. The second-order valence-electron chi connectivity index (χ2n) is 5.07. The molecular weight excluding hydrogens is 190 g/mol. The van der Waals surface area contributed by atoms with Crippen molar-refractivity contribution in [1.82, 2.24) is 0 Å². The van der Waals surface area contributed by atoms with E-state index in [9.17, 15) is 5.11 Å². The maximum absolute atomic E-state index is 9.26. The molecular formula is C12H25NO2. The summed E-state index contributed by atoms with van der Waals surface area (Å²) in [5.74, 6) is 1.07. The van der Waals surface area contributed by atoms with E-state index in [1.54, 1.807) is 0 Å². The summed E-state index contributed by atoms with van der Waals surface area (Å²) in [6.07, 6.45) is 4.68. The molecule has 0 aromatic rings. The molecule has 0 heterocycles. The summed E-state index contributed by atoms with van der Waals surface area (Å²) in [4.78, 5) is 0. The predicted molar refractivity (Wildman–Crippen MR) is 61.6 cm³/mol. The zero-order valence-electron chi connectivity index (χ0n) is 10.0. The summed E-state index contributed by atoms with van der Waals surface area (Å²) in [6.45, 7) is 5.68. The van der Waals surface area contributed by atoms with Gasteiger partial charge in [0.1, 0.15) is 0 Å². The molecule has 0 aromatic heterocycles. The van der Waals surface area contributed by atoms with Crippen molar-refractivity contribution in [2.45, 2.75) is 45.1 Å². The average Bonchev–Trinajstić information content (AvgIpc) is 3.01. The van der Waals surface area contributed by atoms with E-state index in [0.29, 0.717) is 18.4 Å². The third kappa shape index (κ3) is 4.09. The normalized spacial score (nSPS) is 22.4. The van der Waals surface area contributed by atoms with Crippen LogP contribution in [0.4, 0.5) is 0 Å². The molecule has 3 nitrogen and oxygen atoms in total. The van der Waals surface area contributed by atoms with E-state index in [0.717, 1.165) is 19.4 Å². The summed E-state index contributed by atoms with van der Waals surface area (Å²) in [5, 5.41) is 9.26. The Balaban J connectivity index is 2.17. The minimum Gasteiger partial charge on any atom is -0.394 e. The fourth-order valence-corrected chi connectivity index (χ4v) is 1.98. The van der Waals surface area contributed by atoms with Crippen molar-refractivity contribution in [3.63, 3.8) is 0 Å². The van der Waals surface area contributed by atoms with E-state index in [2.05, 4.69) is 13.8 Å². The van der Waals surface area contributed by atoms with E-state index in [1.807, 2.05) is 0 Å². The molecule has 3 heteroatoms. The molecule has 0 radical (unpaired) electrons. The van der Waals surface area contributed by atoms with Crippen LogP contribution in [-0.2, 0) is 4.74 Å². The maximum atomic E-state index is 9.26. The Morgan fingerprint density at radius 2 is 2.20 bits per heavy atom. The molecule has 3 N–H and O–H groups in total. The van der Waals surface area contributed by atoms with Crippen molar-refractivity contribution < 1.29 is 9.84 Å². The van der Waals surface area contributed by atoms with E-state index < -0.39 is 5.54 Å². The number of nitrogens with two attached hydrogens (primary N) is 1. The van der Waals surface area contributed by atoms with Gasteiger partial charge in [0.05, 0.1) is 18.8 Å². The highest BCUT2D eigenvalue weighted by atomic mass is 16.5. The molecule has 0 amide bonds. The molecule has 2 unspecified atom stereocenters. The first kappa shape index (κ1) is 12.9. The highest BCUT2D eigenvalue weighted by Gasteiger charge is 2.41. The Hall–Kier alpha value is -0.120. The molecule has 1 aliphatic carbocycles. The molecule has 90 valence electrons. The van der Waals surface area contributed by atoms with Crippen molar-refractivity contribution in [3.8, 4) is 0 Å². The molecule has 1 aliphatic rings. The Labute approximate surface area is 93.0 Å². The molecule has 0 aromatic carbocycles. The van der Waals surface area contributed by atoms with E-state index in [-0.39, 0.29) is 6.61 Å². The first-order valence-corrected chi connectivity index (χ1v) is 6.10. The Bertz CT molecular complexity index is 182. The molecule has 2 atom stereocenters. The highest BCUT2D eigenvalue weighted by Crippen LogP contribution is 2.38. The van der Waals surface area contributed by atoms with Gasteiger partial charge in [-0.3, -0.25) is 0 Å². The van der Waals surface area contributed by atoms with Gasteiger partial charge in [-0.25, -0.2) is 0 Å². The van der Waals surface area contributed by atoms with Gasteiger partial charge in [0.2, 0.25) is 0 Å². The minimum atomic E-state index is -0.480. The standard InChI is InChI=1S/C12H25NO2/c1-3-4-10(2)7-15-9-12(13,8-14)11-5-6-11/h10-11,14H,3-9,13H2,1-2H3. The van der Waals surface area contributed by atoms with E-state index in [4.69, 9.17) is 10.5 Å². The molecule has 0 saturated heterocycles. The quantitative estimate of drug-likeness (QED) is 0.646. The molecule has 0 spiro atoms. The number of hydrogen-bond acceptors (Lipinski definition) is 3. The SMILES string of the molecule is CCCC(C)COCC(N)(CO)C1CC1. The van der Waals surface area contributed by atoms with Crippen molar-refractivity contribution in [2.24, 2.45) is 17.6 Å². The van der Waals surface area contributed by atoms with Crippen molar-refractivity contribution in [1.29, 1.82) is 0 Å². The molecule has 0 aliphatic heterocycles. The first-order valence-electron chi connectivity index (χ1n) is 6.10. The van der Waals surface area contributed by atoms with Crippen LogP contribution < -0.4 is 5.73 Å². The van der Waals surface area contributed by atoms with E-state index >= 15 is 0 Å². The van der Waals surface area contributed by atoms with Gasteiger partial charge in [0.15, 0.2) is 0 Å². The lowest BCUT2D eigenvalue weighted by Crippen LogP contribution is -2.50. The fraction of sp³-hybridized carbons (Fsp3) is 1.00.